The quantitative estimate of drug-likeness (QED) is 0.689. The van der Waals surface area contributed by atoms with E-state index in [1.807, 2.05) is 31.2 Å². The molecule has 0 unspecified atom stereocenters. The maximum absolute atomic E-state index is 11.1. The number of nitrogens with two attached hydrogens (primary N) is 2. The van der Waals surface area contributed by atoms with Gasteiger partial charge in [0, 0.05) is 16.6 Å². The van der Waals surface area contributed by atoms with Crippen LogP contribution in [0.25, 0.3) is 10.8 Å². The van der Waals surface area contributed by atoms with Gasteiger partial charge in [-0.2, -0.15) is 0 Å². The van der Waals surface area contributed by atoms with Crippen molar-refractivity contribution in [2.45, 2.75) is 6.92 Å². The maximum Gasteiger partial charge on any atom is 0.248 e. The predicted octanol–water partition coefficient (Wildman–Crippen LogP) is 1.83. The number of hydrogen-bond donors (Lipinski definition) is 2. The van der Waals surface area contributed by atoms with Gasteiger partial charge in [0.1, 0.15) is 0 Å². The molecule has 0 aromatic heterocycles. The number of aryl methyl sites for hydroxylation is 1. The molecule has 0 saturated heterocycles. The summed E-state index contributed by atoms with van der Waals surface area (Å²) >= 11 is 0. The van der Waals surface area contributed by atoms with E-state index in [9.17, 15) is 4.79 Å². The van der Waals surface area contributed by atoms with Crippen LogP contribution in [0, 0.1) is 6.92 Å². The zero-order chi connectivity index (χ0) is 11.0. The Kier molecular flexibility index (Phi) is 2.08. The highest BCUT2D eigenvalue weighted by Gasteiger charge is 2.07. The molecule has 0 heterocycles. The average Bonchev–Trinajstić information content (AvgIpc) is 2.18. The Morgan fingerprint density at radius 1 is 1.27 bits per heavy atom. The lowest BCUT2D eigenvalue weighted by molar-refractivity contribution is 0.1000. The average molecular weight is 200 g/mol. The lowest BCUT2D eigenvalue weighted by atomic mass is 10.0. The SMILES string of the molecule is Cc1cc2c(N)cccc2cc1C(N)=O. The maximum atomic E-state index is 11.1. The zero-order valence-corrected chi connectivity index (χ0v) is 8.45. The standard InChI is InChI=1S/C12H12N2O/c1-7-5-10-8(3-2-4-11(10)13)6-9(7)12(14)15/h2-6H,13H2,1H3,(H2,14,15). The molecule has 15 heavy (non-hydrogen) atoms. The van der Waals surface area contributed by atoms with Crippen molar-refractivity contribution in [2.75, 3.05) is 5.73 Å². The highest BCUT2D eigenvalue weighted by molar-refractivity contribution is 6.02. The van der Waals surface area contributed by atoms with Gasteiger partial charge in [-0.3, -0.25) is 4.79 Å². The first-order valence-electron chi connectivity index (χ1n) is 4.68. The van der Waals surface area contributed by atoms with Crippen LogP contribution in [0.15, 0.2) is 30.3 Å². The number of hydrogen-bond acceptors (Lipinski definition) is 2. The van der Waals surface area contributed by atoms with Gasteiger partial charge in [0.2, 0.25) is 5.91 Å². The van der Waals surface area contributed by atoms with E-state index < -0.39 is 5.91 Å². The Labute approximate surface area is 87.7 Å². The normalized spacial score (nSPS) is 10.5. The van der Waals surface area contributed by atoms with E-state index in [-0.39, 0.29) is 0 Å². The number of carbonyl (C=O) groups is 1. The van der Waals surface area contributed by atoms with Crippen LogP contribution in [-0.2, 0) is 0 Å². The van der Waals surface area contributed by atoms with Crippen molar-refractivity contribution < 1.29 is 4.79 Å². The minimum Gasteiger partial charge on any atom is -0.398 e. The molecule has 0 aliphatic rings. The molecule has 0 aliphatic heterocycles. The molecule has 3 nitrogen and oxygen atoms in total. The monoisotopic (exact) mass is 200 g/mol. The summed E-state index contributed by atoms with van der Waals surface area (Å²) in [5.41, 5.74) is 13.2. The summed E-state index contributed by atoms with van der Waals surface area (Å²) in [6.07, 6.45) is 0. The van der Waals surface area contributed by atoms with Gasteiger partial charge in [-0.1, -0.05) is 12.1 Å². The molecule has 2 aromatic carbocycles. The molecule has 76 valence electrons. The molecule has 0 radical (unpaired) electrons. The van der Waals surface area contributed by atoms with E-state index in [0.717, 1.165) is 16.3 Å². The van der Waals surface area contributed by atoms with Crippen LogP contribution in [0.5, 0.6) is 0 Å². The molecular weight excluding hydrogens is 188 g/mol. The smallest absolute Gasteiger partial charge is 0.248 e. The van der Waals surface area contributed by atoms with E-state index in [2.05, 4.69) is 0 Å². The van der Waals surface area contributed by atoms with E-state index in [1.54, 1.807) is 6.07 Å². The fourth-order valence-corrected chi connectivity index (χ4v) is 1.72. The number of benzene rings is 2. The van der Waals surface area contributed by atoms with E-state index in [1.165, 1.54) is 0 Å². The van der Waals surface area contributed by atoms with Crippen LogP contribution in [0.3, 0.4) is 0 Å². The molecule has 1 amide bonds. The lowest BCUT2D eigenvalue weighted by Crippen LogP contribution is -2.12. The highest BCUT2D eigenvalue weighted by atomic mass is 16.1. The van der Waals surface area contributed by atoms with E-state index in [0.29, 0.717) is 11.3 Å². The highest BCUT2D eigenvalue weighted by Crippen LogP contribution is 2.24. The van der Waals surface area contributed by atoms with Crippen LogP contribution < -0.4 is 11.5 Å². The second-order valence-corrected chi connectivity index (χ2v) is 3.60. The van der Waals surface area contributed by atoms with E-state index in [4.69, 9.17) is 11.5 Å². The van der Waals surface area contributed by atoms with Crippen LogP contribution in [0.1, 0.15) is 15.9 Å². The van der Waals surface area contributed by atoms with Gasteiger partial charge in [0.25, 0.3) is 0 Å². The zero-order valence-electron chi connectivity index (χ0n) is 8.45. The number of anilines is 1. The second kappa shape index (κ2) is 3.28. The minimum atomic E-state index is -0.406. The summed E-state index contributed by atoms with van der Waals surface area (Å²) in [5.74, 6) is -0.406. The minimum absolute atomic E-state index is 0.406. The van der Waals surface area contributed by atoms with Crippen molar-refractivity contribution in [3.8, 4) is 0 Å². The Bertz CT molecular complexity index is 547. The van der Waals surface area contributed by atoms with Gasteiger partial charge < -0.3 is 11.5 Å². The van der Waals surface area contributed by atoms with Crippen molar-refractivity contribution in [3.63, 3.8) is 0 Å². The molecule has 0 bridgehead atoms. The van der Waals surface area contributed by atoms with Gasteiger partial charge in [0.05, 0.1) is 0 Å². The van der Waals surface area contributed by atoms with Gasteiger partial charge in [-0.05, 0) is 36.1 Å². The van der Waals surface area contributed by atoms with Crippen LogP contribution in [0.2, 0.25) is 0 Å². The molecule has 0 atom stereocenters. The molecule has 3 heteroatoms. The van der Waals surface area contributed by atoms with Crippen molar-refractivity contribution in [1.82, 2.24) is 0 Å². The number of nitrogen functional groups attached to an aromatic ring is 1. The molecule has 0 aliphatic carbocycles. The summed E-state index contributed by atoms with van der Waals surface area (Å²) in [7, 11) is 0. The number of carbonyl (C=O) groups excluding carboxylic acids is 1. The third kappa shape index (κ3) is 1.52. The molecule has 0 saturated carbocycles. The number of primary amides is 1. The fraction of sp³-hybridized carbons (Fsp3) is 0.0833. The summed E-state index contributed by atoms with van der Waals surface area (Å²) in [6.45, 7) is 1.85. The Balaban J connectivity index is 2.82. The molecule has 4 N–H and O–H groups in total. The first-order chi connectivity index (χ1) is 7.09. The van der Waals surface area contributed by atoms with E-state index >= 15 is 0 Å². The van der Waals surface area contributed by atoms with Crippen LogP contribution in [0.4, 0.5) is 5.69 Å². The largest absolute Gasteiger partial charge is 0.398 e. The molecule has 0 spiro atoms. The molecule has 2 rings (SSSR count). The molecular formula is C12H12N2O. The lowest BCUT2D eigenvalue weighted by Gasteiger charge is -2.06. The molecule has 2 aromatic rings. The van der Waals surface area contributed by atoms with Gasteiger partial charge in [-0.25, -0.2) is 0 Å². The summed E-state index contributed by atoms with van der Waals surface area (Å²) < 4.78 is 0. The number of rotatable bonds is 1. The number of amides is 1. The Morgan fingerprint density at radius 3 is 2.67 bits per heavy atom. The van der Waals surface area contributed by atoms with Crippen molar-refractivity contribution in [3.05, 3.63) is 41.5 Å². The van der Waals surface area contributed by atoms with Crippen LogP contribution >= 0.6 is 0 Å². The van der Waals surface area contributed by atoms with Crippen molar-refractivity contribution >= 4 is 22.4 Å². The first kappa shape index (κ1) is 9.52. The first-order valence-corrected chi connectivity index (χ1v) is 4.68. The Hall–Kier alpha value is -2.03. The van der Waals surface area contributed by atoms with Gasteiger partial charge in [-0.15, -0.1) is 0 Å². The summed E-state index contributed by atoms with van der Waals surface area (Å²) in [5, 5.41) is 1.90. The van der Waals surface area contributed by atoms with Gasteiger partial charge in [0.15, 0.2) is 0 Å². The third-order valence-corrected chi connectivity index (χ3v) is 2.52. The molecule has 0 fully saturated rings. The topological polar surface area (TPSA) is 69.1 Å². The third-order valence-electron chi connectivity index (χ3n) is 2.52. The summed E-state index contributed by atoms with van der Waals surface area (Å²) in [6, 6.07) is 9.29. The van der Waals surface area contributed by atoms with Crippen molar-refractivity contribution in [2.24, 2.45) is 5.73 Å². The summed E-state index contributed by atoms with van der Waals surface area (Å²) in [4.78, 5) is 11.1. The van der Waals surface area contributed by atoms with Crippen LogP contribution in [-0.4, -0.2) is 5.91 Å². The van der Waals surface area contributed by atoms with Crippen molar-refractivity contribution in [1.29, 1.82) is 0 Å². The fourth-order valence-electron chi connectivity index (χ4n) is 1.72. The number of fused-ring (bicyclic) bond motifs is 1. The second-order valence-electron chi connectivity index (χ2n) is 3.60. The predicted molar refractivity (Wildman–Crippen MR) is 61.6 cm³/mol. The van der Waals surface area contributed by atoms with Gasteiger partial charge >= 0.3 is 0 Å². The Morgan fingerprint density at radius 2 is 2.00 bits per heavy atom.